The Morgan fingerprint density at radius 1 is 1.28 bits per heavy atom. The van der Waals surface area contributed by atoms with Gasteiger partial charge in [-0.3, -0.25) is 0 Å². The number of methoxy groups -OCH3 is 1. The van der Waals surface area contributed by atoms with Gasteiger partial charge in [0.2, 0.25) is 0 Å². The Labute approximate surface area is 106 Å². The molecule has 94 valence electrons. The van der Waals surface area contributed by atoms with E-state index in [1.54, 1.807) is 7.11 Å². The first-order chi connectivity index (χ1) is 8.88. The highest BCUT2D eigenvalue weighted by molar-refractivity contribution is 5.91. The number of hydrogen-bond acceptors (Lipinski definition) is 4. The minimum atomic E-state index is 0.200. The molecule has 3 rings (SSSR count). The van der Waals surface area contributed by atoms with Crippen LogP contribution in [0.15, 0.2) is 36.5 Å². The van der Waals surface area contributed by atoms with E-state index in [2.05, 4.69) is 27.8 Å². The van der Waals surface area contributed by atoms with Crippen LogP contribution in [-0.2, 0) is 4.74 Å². The first-order valence-electron chi connectivity index (χ1n) is 6.22. The smallest absolute Gasteiger partial charge is 0.134 e. The normalized spacial score (nSPS) is 23.4. The molecule has 0 spiro atoms. The van der Waals surface area contributed by atoms with Gasteiger partial charge in [-0.05, 0) is 11.5 Å². The number of ether oxygens (including phenoxy) is 1. The van der Waals surface area contributed by atoms with E-state index in [9.17, 15) is 0 Å². The molecule has 0 aliphatic carbocycles. The van der Waals surface area contributed by atoms with Crippen LogP contribution >= 0.6 is 0 Å². The number of rotatable bonds is 3. The molecule has 1 aliphatic heterocycles. The highest BCUT2D eigenvalue weighted by Gasteiger charge is 2.27. The van der Waals surface area contributed by atoms with Gasteiger partial charge in [0.1, 0.15) is 5.82 Å². The lowest BCUT2D eigenvalue weighted by Gasteiger charge is -2.20. The summed E-state index contributed by atoms with van der Waals surface area (Å²) in [6, 6.07) is 10.6. The van der Waals surface area contributed by atoms with Crippen LogP contribution in [0.5, 0.6) is 0 Å². The summed E-state index contributed by atoms with van der Waals surface area (Å²) in [5.74, 6) is 0.934. The quantitative estimate of drug-likeness (QED) is 0.860. The van der Waals surface area contributed by atoms with E-state index in [1.165, 1.54) is 5.39 Å². The number of aromatic nitrogens is 1. The molecule has 18 heavy (non-hydrogen) atoms. The number of pyridine rings is 1. The molecule has 1 aromatic carbocycles. The molecule has 4 heteroatoms. The van der Waals surface area contributed by atoms with Crippen molar-refractivity contribution in [3.05, 3.63) is 36.5 Å². The zero-order valence-corrected chi connectivity index (χ0v) is 10.4. The zero-order valence-electron chi connectivity index (χ0n) is 10.4. The van der Waals surface area contributed by atoms with E-state index in [0.717, 1.165) is 24.3 Å². The Morgan fingerprint density at radius 2 is 2.17 bits per heavy atom. The van der Waals surface area contributed by atoms with Gasteiger partial charge in [-0.25, -0.2) is 4.98 Å². The molecular formula is C14H17N3O. The molecular weight excluding hydrogens is 226 g/mol. The SMILES string of the molecule is CO[C@H]1CNCC1Nc1nccc2ccccc12. The predicted molar refractivity (Wildman–Crippen MR) is 72.8 cm³/mol. The summed E-state index contributed by atoms with van der Waals surface area (Å²) in [6.45, 7) is 1.79. The van der Waals surface area contributed by atoms with Crippen LogP contribution in [0.3, 0.4) is 0 Å². The highest BCUT2D eigenvalue weighted by atomic mass is 16.5. The Morgan fingerprint density at radius 3 is 3.06 bits per heavy atom. The average molecular weight is 243 g/mol. The van der Waals surface area contributed by atoms with Gasteiger partial charge in [0, 0.05) is 31.8 Å². The molecule has 1 fully saturated rings. The number of nitrogens with one attached hydrogen (secondary N) is 2. The average Bonchev–Trinajstić information content (AvgIpc) is 2.86. The second-order valence-electron chi connectivity index (χ2n) is 4.56. The maximum Gasteiger partial charge on any atom is 0.134 e. The molecule has 2 aromatic rings. The number of anilines is 1. The van der Waals surface area contributed by atoms with Crippen LogP contribution in [0.4, 0.5) is 5.82 Å². The first kappa shape index (κ1) is 11.4. The minimum Gasteiger partial charge on any atom is -0.378 e. The van der Waals surface area contributed by atoms with Crippen molar-refractivity contribution in [3.8, 4) is 0 Å². The second kappa shape index (κ2) is 4.92. The van der Waals surface area contributed by atoms with Gasteiger partial charge in [0.05, 0.1) is 12.1 Å². The van der Waals surface area contributed by atoms with E-state index >= 15 is 0 Å². The van der Waals surface area contributed by atoms with Crippen molar-refractivity contribution in [2.45, 2.75) is 12.1 Å². The topological polar surface area (TPSA) is 46.2 Å². The maximum atomic E-state index is 5.46. The maximum absolute atomic E-state index is 5.46. The van der Waals surface area contributed by atoms with Gasteiger partial charge in [-0.2, -0.15) is 0 Å². The molecule has 2 heterocycles. The molecule has 1 aromatic heterocycles. The van der Waals surface area contributed by atoms with Crippen molar-refractivity contribution in [3.63, 3.8) is 0 Å². The Bertz CT molecular complexity index is 538. The number of fused-ring (bicyclic) bond motifs is 1. The van der Waals surface area contributed by atoms with Crippen LogP contribution in [0.2, 0.25) is 0 Å². The monoisotopic (exact) mass is 243 g/mol. The fourth-order valence-corrected chi connectivity index (χ4v) is 2.46. The highest BCUT2D eigenvalue weighted by Crippen LogP contribution is 2.22. The van der Waals surface area contributed by atoms with Crippen molar-refractivity contribution in [1.29, 1.82) is 0 Å². The fraction of sp³-hybridized carbons (Fsp3) is 0.357. The summed E-state index contributed by atoms with van der Waals surface area (Å²) in [4.78, 5) is 4.44. The first-order valence-corrected chi connectivity index (χ1v) is 6.22. The van der Waals surface area contributed by atoms with Gasteiger partial charge in [0.25, 0.3) is 0 Å². The van der Waals surface area contributed by atoms with Crippen LogP contribution in [0, 0.1) is 0 Å². The molecule has 0 bridgehead atoms. The van der Waals surface area contributed by atoms with E-state index in [4.69, 9.17) is 4.74 Å². The molecule has 4 nitrogen and oxygen atoms in total. The van der Waals surface area contributed by atoms with Crippen LogP contribution in [0.1, 0.15) is 0 Å². The molecule has 2 N–H and O–H groups in total. The molecule has 1 unspecified atom stereocenters. The summed E-state index contributed by atoms with van der Waals surface area (Å²) < 4.78 is 5.46. The summed E-state index contributed by atoms with van der Waals surface area (Å²) in [5.41, 5.74) is 0. The summed E-state index contributed by atoms with van der Waals surface area (Å²) in [7, 11) is 1.75. The number of nitrogens with zero attached hydrogens (tertiary/aromatic N) is 1. The lowest BCUT2D eigenvalue weighted by atomic mass is 10.1. The third-order valence-electron chi connectivity index (χ3n) is 3.46. The molecule has 0 saturated carbocycles. The minimum absolute atomic E-state index is 0.200. The molecule has 1 saturated heterocycles. The standard InChI is InChI=1S/C14H17N3O/c1-18-13-9-15-8-12(13)17-14-11-5-3-2-4-10(11)6-7-16-14/h2-7,12-13,15H,8-9H2,1H3,(H,16,17)/t12?,13-/m0/s1. The van der Waals surface area contributed by atoms with Gasteiger partial charge in [-0.1, -0.05) is 24.3 Å². The zero-order chi connectivity index (χ0) is 12.4. The van der Waals surface area contributed by atoms with Crippen LogP contribution in [-0.4, -0.2) is 37.3 Å². The third kappa shape index (κ3) is 2.05. The fourth-order valence-electron chi connectivity index (χ4n) is 2.46. The number of benzene rings is 1. The van der Waals surface area contributed by atoms with Gasteiger partial charge in [-0.15, -0.1) is 0 Å². The van der Waals surface area contributed by atoms with Crippen LogP contribution in [0.25, 0.3) is 10.8 Å². The van der Waals surface area contributed by atoms with Crippen LogP contribution < -0.4 is 10.6 Å². The van der Waals surface area contributed by atoms with Crippen molar-refractivity contribution < 1.29 is 4.74 Å². The third-order valence-corrected chi connectivity index (χ3v) is 3.46. The van der Waals surface area contributed by atoms with E-state index in [0.29, 0.717) is 0 Å². The lowest BCUT2D eigenvalue weighted by Crippen LogP contribution is -2.33. The molecule has 1 aliphatic rings. The largest absolute Gasteiger partial charge is 0.378 e. The van der Waals surface area contributed by atoms with E-state index in [-0.39, 0.29) is 12.1 Å². The van der Waals surface area contributed by atoms with Gasteiger partial charge < -0.3 is 15.4 Å². The summed E-state index contributed by atoms with van der Waals surface area (Å²) >= 11 is 0. The molecule has 0 amide bonds. The lowest BCUT2D eigenvalue weighted by molar-refractivity contribution is 0.111. The van der Waals surface area contributed by atoms with E-state index in [1.807, 2.05) is 24.4 Å². The number of hydrogen-bond donors (Lipinski definition) is 2. The van der Waals surface area contributed by atoms with Crippen molar-refractivity contribution in [1.82, 2.24) is 10.3 Å². The summed E-state index contributed by atoms with van der Waals surface area (Å²) in [5, 5.41) is 9.17. The summed E-state index contributed by atoms with van der Waals surface area (Å²) in [6.07, 6.45) is 2.04. The Kier molecular flexibility index (Phi) is 3.13. The van der Waals surface area contributed by atoms with Crippen molar-refractivity contribution in [2.24, 2.45) is 0 Å². The predicted octanol–water partition coefficient (Wildman–Crippen LogP) is 1.63. The Hall–Kier alpha value is -1.65. The Balaban J connectivity index is 1.90. The van der Waals surface area contributed by atoms with Gasteiger partial charge >= 0.3 is 0 Å². The second-order valence-corrected chi connectivity index (χ2v) is 4.56. The van der Waals surface area contributed by atoms with Crippen molar-refractivity contribution >= 4 is 16.6 Å². The van der Waals surface area contributed by atoms with Gasteiger partial charge in [0.15, 0.2) is 0 Å². The van der Waals surface area contributed by atoms with E-state index < -0.39 is 0 Å². The van der Waals surface area contributed by atoms with Crippen molar-refractivity contribution in [2.75, 3.05) is 25.5 Å². The molecule has 0 radical (unpaired) electrons. The molecule has 2 atom stereocenters.